The highest BCUT2D eigenvalue weighted by Crippen LogP contribution is 2.36. The number of esters is 1. The molecular weight excluding hydrogens is 271 g/mol. The zero-order valence-electron chi connectivity index (χ0n) is 11.7. The third-order valence-electron chi connectivity index (χ3n) is 2.48. The molecule has 0 fully saturated rings. The largest absolute Gasteiger partial charge is 0.460 e. The standard InChI is InChI=1S/C14H18F3NO2/c1-13(2,3)20-11(19)8-7-9-5-4-6-10(18)12(9)14(15,16)17/h4-6H,7-8,18H2,1-3H3. The van der Waals surface area contributed by atoms with Gasteiger partial charge in [-0.15, -0.1) is 0 Å². The summed E-state index contributed by atoms with van der Waals surface area (Å²) in [4.78, 5) is 11.5. The van der Waals surface area contributed by atoms with Crippen LogP contribution in [-0.4, -0.2) is 11.6 Å². The zero-order valence-corrected chi connectivity index (χ0v) is 11.7. The number of anilines is 1. The Morgan fingerprint density at radius 1 is 1.25 bits per heavy atom. The van der Waals surface area contributed by atoms with Gasteiger partial charge in [-0.3, -0.25) is 4.79 Å². The topological polar surface area (TPSA) is 52.3 Å². The number of carbonyl (C=O) groups excluding carboxylic acids is 1. The summed E-state index contributed by atoms with van der Waals surface area (Å²) in [7, 11) is 0. The molecule has 0 radical (unpaired) electrons. The quantitative estimate of drug-likeness (QED) is 0.683. The number of nitrogen functional groups attached to an aromatic ring is 1. The minimum Gasteiger partial charge on any atom is -0.460 e. The minimum absolute atomic E-state index is 0.00311. The molecule has 0 bridgehead atoms. The van der Waals surface area contributed by atoms with Crippen molar-refractivity contribution in [1.82, 2.24) is 0 Å². The van der Waals surface area contributed by atoms with Crippen molar-refractivity contribution in [3.8, 4) is 0 Å². The zero-order chi connectivity index (χ0) is 15.6. The fraction of sp³-hybridized carbons (Fsp3) is 0.500. The summed E-state index contributed by atoms with van der Waals surface area (Å²) in [5.74, 6) is -0.534. The first kappa shape index (κ1) is 16.3. The van der Waals surface area contributed by atoms with E-state index >= 15 is 0 Å². The monoisotopic (exact) mass is 289 g/mol. The molecule has 1 aromatic carbocycles. The van der Waals surface area contributed by atoms with Crippen molar-refractivity contribution in [2.75, 3.05) is 5.73 Å². The maximum atomic E-state index is 12.9. The van der Waals surface area contributed by atoms with Crippen LogP contribution in [0.2, 0.25) is 0 Å². The normalized spacial score (nSPS) is 12.3. The van der Waals surface area contributed by atoms with Crippen molar-refractivity contribution in [1.29, 1.82) is 0 Å². The lowest BCUT2D eigenvalue weighted by Gasteiger charge is -2.20. The first-order chi connectivity index (χ1) is 9.00. The number of halogens is 3. The van der Waals surface area contributed by atoms with E-state index in [0.29, 0.717) is 0 Å². The fourth-order valence-corrected chi connectivity index (χ4v) is 1.80. The fourth-order valence-electron chi connectivity index (χ4n) is 1.80. The average molecular weight is 289 g/mol. The van der Waals surface area contributed by atoms with Gasteiger partial charge in [-0.1, -0.05) is 12.1 Å². The van der Waals surface area contributed by atoms with Crippen molar-refractivity contribution in [3.63, 3.8) is 0 Å². The van der Waals surface area contributed by atoms with Crippen LogP contribution in [-0.2, 0) is 22.1 Å². The number of nitrogens with two attached hydrogens (primary N) is 1. The Morgan fingerprint density at radius 3 is 2.35 bits per heavy atom. The van der Waals surface area contributed by atoms with Gasteiger partial charge in [0.1, 0.15) is 5.60 Å². The Labute approximate surface area is 115 Å². The second kappa shape index (κ2) is 5.73. The number of alkyl halides is 3. The number of carbonyl (C=O) groups is 1. The van der Waals surface area contributed by atoms with Crippen LogP contribution in [0.3, 0.4) is 0 Å². The molecule has 6 heteroatoms. The molecule has 0 aliphatic heterocycles. The summed E-state index contributed by atoms with van der Waals surface area (Å²) in [6, 6.07) is 3.96. The van der Waals surface area contributed by atoms with Crippen molar-refractivity contribution in [3.05, 3.63) is 29.3 Å². The van der Waals surface area contributed by atoms with E-state index in [9.17, 15) is 18.0 Å². The minimum atomic E-state index is -4.53. The van der Waals surface area contributed by atoms with Gasteiger partial charge >= 0.3 is 12.1 Å². The van der Waals surface area contributed by atoms with Gasteiger partial charge in [0.25, 0.3) is 0 Å². The lowest BCUT2D eigenvalue weighted by atomic mass is 10.0. The third kappa shape index (κ3) is 4.75. The number of aryl methyl sites for hydroxylation is 1. The van der Waals surface area contributed by atoms with Gasteiger partial charge in [-0.05, 0) is 38.8 Å². The number of ether oxygens (including phenoxy) is 1. The molecule has 1 aromatic rings. The molecule has 0 spiro atoms. The van der Waals surface area contributed by atoms with E-state index in [2.05, 4.69) is 0 Å². The Bertz CT molecular complexity index is 490. The highest BCUT2D eigenvalue weighted by Gasteiger charge is 2.35. The van der Waals surface area contributed by atoms with E-state index in [1.165, 1.54) is 18.2 Å². The van der Waals surface area contributed by atoms with Crippen LogP contribution in [0, 0.1) is 0 Å². The summed E-state index contributed by atoms with van der Waals surface area (Å²) >= 11 is 0. The predicted molar refractivity (Wildman–Crippen MR) is 70.0 cm³/mol. The maximum Gasteiger partial charge on any atom is 0.418 e. The van der Waals surface area contributed by atoms with Crippen LogP contribution in [0.25, 0.3) is 0 Å². The first-order valence-corrected chi connectivity index (χ1v) is 6.17. The Morgan fingerprint density at radius 2 is 1.85 bits per heavy atom. The third-order valence-corrected chi connectivity index (χ3v) is 2.48. The maximum absolute atomic E-state index is 12.9. The molecule has 0 atom stereocenters. The molecule has 0 aromatic heterocycles. The van der Waals surface area contributed by atoms with Gasteiger partial charge in [0.2, 0.25) is 0 Å². The van der Waals surface area contributed by atoms with Crippen LogP contribution >= 0.6 is 0 Å². The van der Waals surface area contributed by atoms with Crippen LogP contribution < -0.4 is 5.73 Å². The van der Waals surface area contributed by atoms with E-state index in [-0.39, 0.29) is 24.1 Å². The van der Waals surface area contributed by atoms with Crippen molar-refractivity contribution < 1.29 is 22.7 Å². The van der Waals surface area contributed by atoms with Gasteiger partial charge in [-0.2, -0.15) is 13.2 Å². The summed E-state index contributed by atoms with van der Waals surface area (Å²) < 4.78 is 43.8. The van der Waals surface area contributed by atoms with Crippen molar-refractivity contribution in [2.45, 2.75) is 45.4 Å². The van der Waals surface area contributed by atoms with Crippen LogP contribution in [0.15, 0.2) is 18.2 Å². The molecule has 3 nitrogen and oxygen atoms in total. The molecule has 20 heavy (non-hydrogen) atoms. The van der Waals surface area contributed by atoms with Crippen LogP contribution in [0.5, 0.6) is 0 Å². The summed E-state index contributed by atoms with van der Waals surface area (Å²) in [6.45, 7) is 5.10. The Balaban J connectivity index is 2.84. The Kier molecular flexibility index (Phi) is 4.68. The molecule has 0 aliphatic rings. The molecule has 0 unspecified atom stereocenters. The van der Waals surface area contributed by atoms with Crippen LogP contribution in [0.1, 0.15) is 38.3 Å². The smallest absolute Gasteiger partial charge is 0.418 e. The van der Waals surface area contributed by atoms with Crippen molar-refractivity contribution >= 4 is 11.7 Å². The van der Waals surface area contributed by atoms with Gasteiger partial charge < -0.3 is 10.5 Å². The number of hydrogen-bond acceptors (Lipinski definition) is 3. The molecule has 0 heterocycles. The van der Waals surface area contributed by atoms with E-state index in [1.807, 2.05) is 0 Å². The average Bonchev–Trinajstić information content (AvgIpc) is 2.22. The molecular formula is C14H18F3NO2. The summed E-state index contributed by atoms with van der Waals surface area (Å²) in [5, 5.41) is 0. The lowest BCUT2D eigenvalue weighted by Crippen LogP contribution is -2.24. The first-order valence-electron chi connectivity index (χ1n) is 6.17. The van der Waals surface area contributed by atoms with Crippen LogP contribution in [0.4, 0.5) is 18.9 Å². The second-order valence-electron chi connectivity index (χ2n) is 5.47. The number of rotatable bonds is 3. The molecule has 1 rings (SSSR count). The number of benzene rings is 1. The highest BCUT2D eigenvalue weighted by atomic mass is 19.4. The van der Waals surface area contributed by atoms with Gasteiger partial charge in [0, 0.05) is 12.1 Å². The molecule has 2 N–H and O–H groups in total. The summed E-state index contributed by atoms with van der Waals surface area (Å²) in [6.07, 6.45) is -4.72. The molecule has 0 saturated heterocycles. The number of hydrogen-bond donors (Lipinski definition) is 1. The molecule has 0 aliphatic carbocycles. The molecule has 0 amide bonds. The van der Waals surface area contributed by atoms with E-state index in [0.717, 1.165) is 0 Å². The van der Waals surface area contributed by atoms with Gasteiger partial charge in [-0.25, -0.2) is 0 Å². The van der Waals surface area contributed by atoms with Crippen molar-refractivity contribution in [2.24, 2.45) is 0 Å². The van der Waals surface area contributed by atoms with E-state index < -0.39 is 23.3 Å². The molecule has 0 saturated carbocycles. The van der Waals surface area contributed by atoms with Gasteiger partial charge in [0.05, 0.1) is 5.56 Å². The Hall–Kier alpha value is -1.72. The van der Waals surface area contributed by atoms with E-state index in [1.54, 1.807) is 20.8 Å². The predicted octanol–water partition coefficient (Wildman–Crippen LogP) is 3.56. The lowest BCUT2D eigenvalue weighted by molar-refractivity contribution is -0.155. The summed E-state index contributed by atoms with van der Waals surface area (Å²) in [5.41, 5.74) is 3.52. The SMILES string of the molecule is CC(C)(C)OC(=O)CCc1cccc(N)c1C(F)(F)F. The highest BCUT2D eigenvalue weighted by molar-refractivity contribution is 5.70. The van der Waals surface area contributed by atoms with Gasteiger partial charge in [0.15, 0.2) is 0 Å². The van der Waals surface area contributed by atoms with E-state index in [4.69, 9.17) is 10.5 Å². The second-order valence-corrected chi connectivity index (χ2v) is 5.47. The molecule has 112 valence electrons.